The maximum Gasteiger partial charge on any atom is 0.305 e. The van der Waals surface area contributed by atoms with Crippen LogP contribution in [0.3, 0.4) is 0 Å². The molecule has 0 fully saturated rings. The number of carboxylic acid groups (broad SMARTS) is 1. The van der Waals surface area contributed by atoms with E-state index in [0.29, 0.717) is 26.4 Å². The topological polar surface area (TPSA) is 65.0 Å². The van der Waals surface area contributed by atoms with Gasteiger partial charge >= 0.3 is 5.97 Å². The van der Waals surface area contributed by atoms with Crippen molar-refractivity contribution in [3.63, 3.8) is 0 Å². The van der Waals surface area contributed by atoms with Crippen LogP contribution in [0.5, 0.6) is 0 Å². The molecule has 0 aliphatic rings. The monoisotopic (exact) mass is 402 g/mol. The van der Waals surface area contributed by atoms with Crippen LogP contribution in [0.25, 0.3) is 0 Å². The molecule has 0 aromatic rings. The van der Waals surface area contributed by atoms with E-state index in [1.165, 1.54) is 83.5 Å². The van der Waals surface area contributed by atoms with Gasteiger partial charge in [-0.1, -0.05) is 90.4 Å². The number of rotatable bonds is 24. The highest BCUT2D eigenvalue weighted by molar-refractivity contribution is 5.66. The molecule has 0 aliphatic heterocycles. The van der Waals surface area contributed by atoms with E-state index in [1.807, 2.05) is 0 Å². The van der Waals surface area contributed by atoms with Crippen molar-refractivity contribution in [3.8, 4) is 0 Å². The van der Waals surface area contributed by atoms with Gasteiger partial charge in [0.25, 0.3) is 0 Å². The van der Waals surface area contributed by atoms with E-state index in [2.05, 4.69) is 6.92 Å². The van der Waals surface area contributed by atoms with Gasteiger partial charge in [0.1, 0.15) is 0 Å². The Bertz CT molecular complexity index is 309. The molecule has 0 atom stereocenters. The first-order chi connectivity index (χ1) is 13.8. The van der Waals surface area contributed by atoms with E-state index in [0.717, 1.165) is 13.0 Å². The Morgan fingerprint density at radius 3 is 1.32 bits per heavy atom. The van der Waals surface area contributed by atoms with E-state index >= 15 is 0 Å². The molecular weight excluding hydrogens is 356 g/mol. The van der Waals surface area contributed by atoms with Crippen LogP contribution in [0.2, 0.25) is 0 Å². The Balaban J connectivity index is 2.99. The second kappa shape index (κ2) is 24.4. The molecule has 0 saturated heterocycles. The third kappa shape index (κ3) is 25.4. The minimum absolute atomic E-state index is 0.0440. The number of carbonyl (C=O) groups is 1. The lowest BCUT2D eigenvalue weighted by Gasteiger charge is -2.06. The van der Waals surface area contributed by atoms with Crippen molar-refractivity contribution in [2.45, 2.75) is 103 Å². The Hall–Kier alpha value is -0.650. The minimum Gasteiger partial charge on any atom is -0.481 e. The van der Waals surface area contributed by atoms with Gasteiger partial charge in [0, 0.05) is 6.61 Å². The van der Waals surface area contributed by atoms with Crippen LogP contribution in [-0.4, -0.2) is 50.7 Å². The van der Waals surface area contributed by atoms with Crippen molar-refractivity contribution < 1.29 is 24.1 Å². The summed E-state index contributed by atoms with van der Waals surface area (Å²) in [6.45, 7) is 5.45. The average Bonchev–Trinajstić information content (AvgIpc) is 2.68. The van der Waals surface area contributed by atoms with Crippen LogP contribution in [0.4, 0.5) is 0 Å². The lowest BCUT2D eigenvalue weighted by atomic mass is 10.0. The molecule has 1 N–H and O–H groups in total. The predicted octanol–water partition coefficient (Wildman–Crippen LogP) is 5.99. The molecule has 0 saturated carbocycles. The third-order valence-electron chi connectivity index (χ3n) is 4.85. The Morgan fingerprint density at radius 2 is 0.893 bits per heavy atom. The lowest BCUT2D eigenvalue weighted by molar-refractivity contribution is -0.138. The maximum absolute atomic E-state index is 10.3. The molecule has 0 aromatic carbocycles. The van der Waals surface area contributed by atoms with Gasteiger partial charge in [-0.3, -0.25) is 4.79 Å². The van der Waals surface area contributed by atoms with Gasteiger partial charge in [-0.05, 0) is 6.42 Å². The van der Waals surface area contributed by atoms with E-state index in [4.69, 9.17) is 19.3 Å². The fourth-order valence-electron chi connectivity index (χ4n) is 3.10. The zero-order chi connectivity index (χ0) is 20.5. The summed E-state index contributed by atoms with van der Waals surface area (Å²) in [5.74, 6) is -0.835. The SMILES string of the molecule is CCCCCCCCCCCCCCCCOCCOCCOCCC(=O)O. The Labute approximate surface area is 173 Å². The predicted molar refractivity (Wildman–Crippen MR) is 115 cm³/mol. The molecule has 0 aliphatic carbocycles. The minimum atomic E-state index is -0.835. The molecule has 0 rings (SSSR count). The average molecular weight is 403 g/mol. The maximum atomic E-state index is 10.3. The smallest absolute Gasteiger partial charge is 0.305 e. The molecule has 0 spiro atoms. The molecule has 28 heavy (non-hydrogen) atoms. The van der Waals surface area contributed by atoms with Crippen molar-refractivity contribution in [3.05, 3.63) is 0 Å². The van der Waals surface area contributed by atoms with Gasteiger partial charge in [0.05, 0.1) is 39.5 Å². The summed E-state index contributed by atoms with van der Waals surface area (Å²) in [6, 6.07) is 0. The molecule has 0 bridgehead atoms. The van der Waals surface area contributed by atoms with Crippen LogP contribution in [0.15, 0.2) is 0 Å². The quantitative estimate of drug-likeness (QED) is 0.201. The lowest BCUT2D eigenvalue weighted by Crippen LogP contribution is -2.11. The second-order valence-electron chi connectivity index (χ2n) is 7.58. The number of ether oxygens (including phenoxy) is 3. The third-order valence-corrected chi connectivity index (χ3v) is 4.85. The van der Waals surface area contributed by atoms with Crippen LogP contribution >= 0.6 is 0 Å². The highest BCUT2D eigenvalue weighted by atomic mass is 16.5. The molecule has 0 unspecified atom stereocenters. The van der Waals surface area contributed by atoms with Crippen LogP contribution < -0.4 is 0 Å². The number of hydrogen-bond acceptors (Lipinski definition) is 4. The Morgan fingerprint density at radius 1 is 0.536 bits per heavy atom. The van der Waals surface area contributed by atoms with Gasteiger partial charge in [-0.25, -0.2) is 0 Å². The summed E-state index contributed by atoms with van der Waals surface area (Å²) >= 11 is 0. The van der Waals surface area contributed by atoms with E-state index in [1.54, 1.807) is 0 Å². The molecule has 5 nitrogen and oxygen atoms in total. The zero-order valence-electron chi connectivity index (χ0n) is 18.4. The van der Waals surface area contributed by atoms with Crippen molar-refractivity contribution in [2.24, 2.45) is 0 Å². The van der Waals surface area contributed by atoms with Crippen LogP contribution in [-0.2, 0) is 19.0 Å². The van der Waals surface area contributed by atoms with E-state index in [-0.39, 0.29) is 13.0 Å². The van der Waals surface area contributed by atoms with Gasteiger partial charge in [0.15, 0.2) is 0 Å². The first-order valence-corrected chi connectivity index (χ1v) is 11.7. The fourth-order valence-corrected chi connectivity index (χ4v) is 3.10. The number of hydrogen-bond donors (Lipinski definition) is 1. The first-order valence-electron chi connectivity index (χ1n) is 11.7. The molecule has 0 radical (unpaired) electrons. The summed E-state index contributed by atoms with van der Waals surface area (Å²) in [6.07, 6.45) is 19.2. The van der Waals surface area contributed by atoms with Gasteiger partial charge in [-0.2, -0.15) is 0 Å². The first kappa shape index (κ1) is 27.4. The number of carboxylic acids is 1. The van der Waals surface area contributed by atoms with Crippen molar-refractivity contribution >= 4 is 5.97 Å². The van der Waals surface area contributed by atoms with Crippen LogP contribution in [0, 0.1) is 0 Å². The summed E-state index contributed by atoms with van der Waals surface area (Å²) in [5.41, 5.74) is 0. The van der Waals surface area contributed by atoms with Gasteiger partial charge in [-0.15, -0.1) is 0 Å². The molecule has 0 amide bonds. The molecular formula is C23H46O5. The zero-order valence-corrected chi connectivity index (χ0v) is 18.4. The molecule has 5 heteroatoms. The summed E-state index contributed by atoms with van der Waals surface area (Å²) in [5, 5.41) is 8.46. The van der Waals surface area contributed by atoms with Crippen molar-refractivity contribution in [1.82, 2.24) is 0 Å². The standard InChI is InChI=1S/C23H46O5/c1-2-3-4-5-6-7-8-9-10-11-12-13-14-15-17-26-19-21-28-22-20-27-18-16-23(24)25/h2-22H2,1H3,(H,24,25). The summed E-state index contributed by atoms with van der Waals surface area (Å²) in [4.78, 5) is 10.3. The van der Waals surface area contributed by atoms with E-state index < -0.39 is 5.97 Å². The largest absolute Gasteiger partial charge is 0.481 e. The van der Waals surface area contributed by atoms with Gasteiger partial charge in [0.2, 0.25) is 0 Å². The fraction of sp³-hybridized carbons (Fsp3) is 0.957. The van der Waals surface area contributed by atoms with Crippen molar-refractivity contribution in [1.29, 1.82) is 0 Å². The van der Waals surface area contributed by atoms with Gasteiger partial charge < -0.3 is 19.3 Å². The highest BCUT2D eigenvalue weighted by Crippen LogP contribution is 2.12. The second-order valence-corrected chi connectivity index (χ2v) is 7.58. The van der Waals surface area contributed by atoms with Crippen molar-refractivity contribution in [2.75, 3.05) is 39.6 Å². The van der Waals surface area contributed by atoms with Crippen LogP contribution in [0.1, 0.15) is 103 Å². The summed E-state index contributed by atoms with van der Waals surface area (Å²) in [7, 11) is 0. The molecule has 0 aromatic heterocycles. The molecule has 168 valence electrons. The normalized spacial score (nSPS) is 11.2. The number of aliphatic carboxylic acids is 1. The molecule has 0 heterocycles. The summed E-state index contributed by atoms with van der Waals surface area (Å²) < 4.78 is 16.1. The highest BCUT2D eigenvalue weighted by Gasteiger charge is 1.97. The van der Waals surface area contributed by atoms with E-state index in [9.17, 15) is 4.79 Å². The number of unbranched alkanes of at least 4 members (excludes halogenated alkanes) is 13. The Kier molecular flexibility index (Phi) is 23.8.